The summed E-state index contributed by atoms with van der Waals surface area (Å²) in [7, 11) is 0.986. The van der Waals surface area contributed by atoms with Crippen LogP contribution >= 0.6 is 11.6 Å². The molecular weight excluding hydrogens is 363 g/mol. The van der Waals surface area contributed by atoms with Crippen LogP contribution in [0, 0.1) is 11.8 Å². The van der Waals surface area contributed by atoms with Crippen LogP contribution < -0.4 is 5.32 Å². The van der Waals surface area contributed by atoms with Gasteiger partial charge < -0.3 is 9.47 Å². The molecule has 4 atom stereocenters. The van der Waals surface area contributed by atoms with Crippen molar-refractivity contribution >= 4 is 23.5 Å². The van der Waals surface area contributed by atoms with Crippen molar-refractivity contribution in [1.29, 1.82) is 0 Å². The summed E-state index contributed by atoms with van der Waals surface area (Å²) in [5.74, 6) is -6.11. The second-order valence-electron chi connectivity index (χ2n) is 5.51. The lowest BCUT2D eigenvalue weighted by atomic mass is 9.84. The smallest absolute Gasteiger partial charge is 0.394 e. The molecule has 1 aromatic carbocycles. The van der Waals surface area contributed by atoms with Gasteiger partial charge in [-0.2, -0.15) is 13.2 Å². The Morgan fingerprint density at radius 1 is 1.24 bits per heavy atom. The predicted octanol–water partition coefficient (Wildman–Crippen LogP) is 2.88. The molecule has 1 aromatic rings. The molecule has 1 aliphatic heterocycles. The number of esters is 2. The Hall–Kier alpha value is -1.80. The molecule has 0 unspecified atom stereocenters. The van der Waals surface area contributed by atoms with E-state index in [0.29, 0.717) is 0 Å². The molecule has 2 rings (SSSR count). The highest BCUT2D eigenvalue weighted by molar-refractivity contribution is 6.31. The molecule has 0 aliphatic carbocycles. The van der Waals surface area contributed by atoms with Gasteiger partial charge >= 0.3 is 18.1 Å². The predicted molar refractivity (Wildman–Crippen MR) is 82.8 cm³/mol. The molecule has 0 radical (unpaired) electrons. The minimum Gasteiger partial charge on any atom is -0.468 e. The third-order valence-corrected chi connectivity index (χ3v) is 4.44. The molecule has 0 amide bonds. The molecule has 1 saturated heterocycles. The summed E-state index contributed by atoms with van der Waals surface area (Å²) < 4.78 is 50.3. The Balaban J connectivity index is 2.55. The Kier molecular flexibility index (Phi) is 5.95. The molecule has 5 nitrogen and oxygen atoms in total. The standard InChI is InChI=1S/C16H17ClF3NO4/c1-3-25-14(22)10-11(16(18,19)20)13(15(23)24-2)21-12(10)8-6-4-5-7-9(8)17/h4-7,10-13,21H,3H2,1-2H3/t10-,11+,12-,13-/m1/s1. The average Bonchev–Trinajstić information content (AvgIpc) is 2.95. The molecule has 25 heavy (non-hydrogen) atoms. The zero-order valence-corrected chi connectivity index (χ0v) is 14.2. The molecule has 9 heteroatoms. The van der Waals surface area contributed by atoms with Crippen molar-refractivity contribution in [2.75, 3.05) is 13.7 Å². The fourth-order valence-corrected chi connectivity index (χ4v) is 3.33. The molecule has 1 aliphatic rings. The minimum absolute atomic E-state index is 0.0853. The van der Waals surface area contributed by atoms with Crippen molar-refractivity contribution in [3.8, 4) is 0 Å². The summed E-state index contributed by atoms with van der Waals surface area (Å²) in [6.07, 6.45) is -4.82. The number of hydrogen-bond donors (Lipinski definition) is 1. The fourth-order valence-electron chi connectivity index (χ4n) is 3.08. The lowest BCUT2D eigenvalue weighted by Crippen LogP contribution is -2.45. The summed E-state index contributed by atoms with van der Waals surface area (Å²) in [5.41, 5.74) is 0.280. The third kappa shape index (κ3) is 3.90. The number of ether oxygens (including phenoxy) is 2. The van der Waals surface area contributed by atoms with Gasteiger partial charge in [0, 0.05) is 11.1 Å². The lowest BCUT2D eigenvalue weighted by Gasteiger charge is -2.25. The highest BCUT2D eigenvalue weighted by Gasteiger charge is 2.62. The van der Waals surface area contributed by atoms with Gasteiger partial charge in [0.15, 0.2) is 0 Å². The highest BCUT2D eigenvalue weighted by Crippen LogP contribution is 2.47. The summed E-state index contributed by atoms with van der Waals surface area (Å²) in [6.45, 7) is 1.41. The summed E-state index contributed by atoms with van der Waals surface area (Å²) in [5, 5.41) is 2.75. The number of carbonyl (C=O) groups excluding carboxylic acids is 2. The Morgan fingerprint density at radius 3 is 2.40 bits per heavy atom. The van der Waals surface area contributed by atoms with Gasteiger partial charge in [-0.05, 0) is 18.6 Å². The van der Waals surface area contributed by atoms with Crippen LogP contribution in [0.2, 0.25) is 5.02 Å². The third-order valence-electron chi connectivity index (χ3n) is 4.10. The first-order valence-electron chi connectivity index (χ1n) is 7.54. The van der Waals surface area contributed by atoms with Crippen LogP contribution in [-0.2, 0) is 19.1 Å². The van der Waals surface area contributed by atoms with Crippen molar-refractivity contribution in [3.63, 3.8) is 0 Å². The number of halogens is 4. The zero-order valence-electron chi connectivity index (χ0n) is 13.5. The quantitative estimate of drug-likeness (QED) is 0.815. The first-order valence-corrected chi connectivity index (χ1v) is 7.91. The van der Waals surface area contributed by atoms with Crippen molar-refractivity contribution in [2.45, 2.75) is 25.2 Å². The number of hydrogen-bond acceptors (Lipinski definition) is 5. The van der Waals surface area contributed by atoms with Gasteiger partial charge in [0.2, 0.25) is 0 Å². The van der Waals surface area contributed by atoms with Gasteiger partial charge in [-0.15, -0.1) is 0 Å². The number of rotatable bonds is 4. The van der Waals surface area contributed by atoms with E-state index in [9.17, 15) is 22.8 Å². The Morgan fingerprint density at radius 2 is 1.88 bits per heavy atom. The van der Waals surface area contributed by atoms with E-state index in [1.54, 1.807) is 12.1 Å². The van der Waals surface area contributed by atoms with E-state index >= 15 is 0 Å². The summed E-state index contributed by atoms with van der Waals surface area (Å²) in [6, 6.07) is 3.32. The molecular formula is C16H17ClF3NO4. The van der Waals surface area contributed by atoms with Gasteiger partial charge in [0.25, 0.3) is 0 Å². The van der Waals surface area contributed by atoms with Crippen LogP contribution in [0.25, 0.3) is 0 Å². The maximum absolute atomic E-state index is 13.7. The summed E-state index contributed by atoms with van der Waals surface area (Å²) in [4.78, 5) is 24.2. The highest BCUT2D eigenvalue weighted by atomic mass is 35.5. The van der Waals surface area contributed by atoms with Crippen LogP contribution in [0.15, 0.2) is 24.3 Å². The van der Waals surface area contributed by atoms with Crippen molar-refractivity contribution in [1.82, 2.24) is 5.32 Å². The fraction of sp³-hybridized carbons (Fsp3) is 0.500. The minimum atomic E-state index is -4.82. The molecule has 1 fully saturated rings. The number of carbonyl (C=O) groups is 2. The maximum Gasteiger partial charge on any atom is 0.394 e. The molecule has 1 heterocycles. The van der Waals surface area contributed by atoms with E-state index in [1.165, 1.54) is 19.1 Å². The normalized spacial score (nSPS) is 26.3. The van der Waals surface area contributed by atoms with E-state index in [4.69, 9.17) is 16.3 Å². The number of methoxy groups -OCH3 is 1. The SMILES string of the molecule is CCOC(=O)[C@@H]1[C@H](C(F)(F)F)[C@H](C(=O)OC)N[C@@H]1c1ccccc1Cl. The van der Waals surface area contributed by atoms with Crippen LogP contribution in [0.1, 0.15) is 18.5 Å². The van der Waals surface area contributed by atoms with Crippen molar-refractivity contribution in [3.05, 3.63) is 34.9 Å². The molecule has 138 valence electrons. The lowest BCUT2D eigenvalue weighted by molar-refractivity contribution is -0.200. The first-order chi connectivity index (χ1) is 11.7. The molecule has 0 spiro atoms. The van der Waals surface area contributed by atoms with E-state index in [1.807, 2.05) is 0 Å². The van der Waals surface area contributed by atoms with Crippen molar-refractivity contribution < 1.29 is 32.2 Å². The van der Waals surface area contributed by atoms with Gasteiger partial charge in [-0.25, -0.2) is 0 Å². The zero-order chi connectivity index (χ0) is 18.8. The van der Waals surface area contributed by atoms with Gasteiger partial charge in [0.05, 0.1) is 25.6 Å². The van der Waals surface area contributed by atoms with Gasteiger partial charge in [-0.3, -0.25) is 14.9 Å². The Labute approximate surface area is 147 Å². The molecule has 1 N–H and O–H groups in total. The topological polar surface area (TPSA) is 64.6 Å². The maximum atomic E-state index is 13.7. The van der Waals surface area contributed by atoms with Crippen LogP contribution in [0.4, 0.5) is 13.2 Å². The van der Waals surface area contributed by atoms with Crippen LogP contribution in [0.3, 0.4) is 0 Å². The van der Waals surface area contributed by atoms with Gasteiger partial charge in [0.1, 0.15) is 6.04 Å². The first kappa shape index (κ1) is 19.5. The van der Waals surface area contributed by atoms with E-state index < -0.39 is 42.0 Å². The number of benzene rings is 1. The van der Waals surface area contributed by atoms with Crippen LogP contribution in [-0.4, -0.2) is 37.9 Å². The molecule has 0 aromatic heterocycles. The summed E-state index contributed by atoms with van der Waals surface area (Å²) >= 11 is 6.08. The van der Waals surface area contributed by atoms with E-state index in [2.05, 4.69) is 10.1 Å². The molecule has 0 saturated carbocycles. The monoisotopic (exact) mass is 379 g/mol. The van der Waals surface area contributed by atoms with E-state index in [-0.39, 0.29) is 17.2 Å². The second kappa shape index (κ2) is 7.61. The molecule has 0 bridgehead atoms. The van der Waals surface area contributed by atoms with Crippen LogP contribution in [0.5, 0.6) is 0 Å². The van der Waals surface area contributed by atoms with E-state index in [0.717, 1.165) is 7.11 Å². The second-order valence-corrected chi connectivity index (χ2v) is 5.92. The van der Waals surface area contributed by atoms with Gasteiger partial charge in [-0.1, -0.05) is 29.8 Å². The number of alkyl halides is 3. The number of nitrogens with one attached hydrogen (secondary N) is 1. The largest absolute Gasteiger partial charge is 0.468 e. The average molecular weight is 380 g/mol. The van der Waals surface area contributed by atoms with Crippen molar-refractivity contribution in [2.24, 2.45) is 11.8 Å². The Bertz CT molecular complexity index is 653.